The van der Waals surface area contributed by atoms with E-state index >= 15 is 0 Å². The van der Waals surface area contributed by atoms with Crippen LogP contribution in [0, 0.1) is 10.1 Å². The van der Waals surface area contributed by atoms with Gasteiger partial charge >= 0.3 is 6.55 Å². The molecule has 7 nitrogen and oxygen atoms in total. The molecule has 1 aliphatic heterocycles. The zero-order valence-electron chi connectivity index (χ0n) is 12.9. The van der Waals surface area contributed by atoms with Gasteiger partial charge in [0, 0.05) is 44.6 Å². The number of nitrogens with zero attached hydrogens (tertiary/aromatic N) is 5. The van der Waals surface area contributed by atoms with Crippen molar-refractivity contribution in [1.29, 1.82) is 0 Å². The molecule has 2 heterocycles. The summed E-state index contributed by atoms with van der Waals surface area (Å²) < 4.78 is 26.6. The normalized spacial score (nSPS) is 15.9. The molecule has 128 valence electrons. The van der Waals surface area contributed by atoms with Crippen LogP contribution in [-0.4, -0.2) is 45.6 Å². The third-order valence-corrected chi connectivity index (χ3v) is 4.12. The fraction of sp³-hybridized carbons (Fsp3) is 0.400. The lowest BCUT2D eigenvalue weighted by atomic mass is 10.2. The van der Waals surface area contributed by atoms with Gasteiger partial charge in [0.25, 0.3) is 5.69 Å². The lowest BCUT2D eigenvalue weighted by Crippen LogP contribution is -2.46. The highest BCUT2D eigenvalue weighted by Gasteiger charge is 2.24. The van der Waals surface area contributed by atoms with Crippen molar-refractivity contribution in [2.24, 2.45) is 0 Å². The SMILES string of the molecule is O=[N+]([O-])c1ccccc1N1CCN(Cc2nccn2C(F)F)CC1. The lowest BCUT2D eigenvalue weighted by Gasteiger charge is -2.35. The number of rotatable bonds is 5. The number of alkyl halides is 2. The summed E-state index contributed by atoms with van der Waals surface area (Å²) in [5, 5.41) is 11.1. The molecule has 0 radical (unpaired) electrons. The summed E-state index contributed by atoms with van der Waals surface area (Å²) in [6.45, 7) is 0.183. The van der Waals surface area contributed by atoms with E-state index in [4.69, 9.17) is 0 Å². The van der Waals surface area contributed by atoms with Crippen LogP contribution in [0.3, 0.4) is 0 Å². The van der Waals surface area contributed by atoms with Crippen LogP contribution in [0.1, 0.15) is 12.4 Å². The number of piperazine rings is 1. The number of anilines is 1. The molecule has 0 unspecified atom stereocenters. The predicted octanol–water partition coefficient (Wildman–Crippen LogP) is 2.51. The number of para-hydroxylation sites is 2. The Balaban J connectivity index is 1.64. The topological polar surface area (TPSA) is 67.4 Å². The summed E-state index contributed by atoms with van der Waals surface area (Å²) in [6.07, 6.45) is 2.63. The molecule has 1 fully saturated rings. The van der Waals surface area contributed by atoms with Crippen molar-refractivity contribution in [2.75, 3.05) is 31.1 Å². The maximum atomic E-state index is 12.9. The summed E-state index contributed by atoms with van der Waals surface area (Å²) in [4.78, 5) is 18.7. The van der Waals surface area contributed by atoms with E-state index in [1.807, 2.05) is 9.80 Å². The number of hydrogen-bond acceptors (Lipinski definition) is 5. The summed E-state index contributed by atoms with van der Waals surface area (Å²) in [5.74, 6) is 0.323. The van der Waals surface area contributed by atoms with Crippen LogP contribution in [0.4, 0.5) is 20.2 Å². The second-order valence-corrected chi connectivity index (χ2v) is 5.54. The maximum Gasteiger partial charge on any atom is 0.319 e. The van der Waals surface area contributed by atoms with Crippen LogP contribution in [0.15, 0.2) is 36.7 Å². The Labute approximate surface area is 137 Å². The summed E-state index contributed by atoms with van der Waals surface area (Å²) in [5.41, 5.74) is 0.676. The molecule has 1 aromatic carbocycles. The molecule has 0 N–H and O–H groups in total. The quantitative estimate of drug-likeness (QED) is 0.619. The third-order valence-electron chi connectivity index (χ3n) is 4.12. The van der Waals surface area contributed by atoms with Gasteiger partial charge in [-0.05, 0) is 6.07 Å². The van der Waals surface area contributed by atoms with Crippen molar-refractivity contribution in [1.82, 2.24) is 14.5 Å². The van der Waals surface area contributed by atoms with Gasteiger partial charge in [0.2, 0.25) is 0 Å². The van der Waals surface area contributed by atoms with E-state index in [0.717, 1.165) is 4.57 Å². The first-order chi connectivity index (χ1) is 11.6. The minimum absolute atomic E-state index is 0.0826. The number of nitro groups is 1. The monoisotopic (exact) mass is 337 g/mol. The first kappa shape index (κ1) is 16.3. The minimum atomic E-state index is -2.60. The van der Waals surface area contributed by atoms with E-state index in [1.54, 1.807) is 18.2 Å². The van der Waals surface area contributed by atoms with Crippen molar-refractivity contribution in [3.8, 4) is 0 Å². The minimum Gasteiger partial charge on any atom is -0.363 e. The summed E-state index contributed by atoms with van der Waals surface area (Å²) >= 11 is 0. The van der Waals surface area contributed by atoms with Crippen molar-refractivity contribution >= 4 is 11.4 Å². The highest BCUT2D eigenvalue weighted by molar-refractivity contribution is 5.63. The zero-order valence-corrected chi connectivity index (χ0v) is 12.9. The van der Waals surface area contributed by atoms with E-state index in [0.29, 0.717) is 44.2 Å². The largest absolute Gasteiger partial charge is 0.363 e. The van der Waals surface area contributed by atoms with Crippen molar-refractivity contribution in [2.45, 2.75) is 13.1 Å². The molecule has 0 atom stereocenters. The standard InChI is InChI=1S/C15H17F2N5O2/c16-15(17)21-6-5-18-14(21)11-19-7-9-20(10-8-19)12-3-1-2-4-13(12)22(23)24/h1-6,15H,7-11H2. The number of benzene rings is 1. The molecule has 0 bridgehead atoms. The molecule has 0 aliphatic carbocycles. The van der Waals surface area contributed by atoms with Gasteiger partial charge < -0.3 is 4.90 Å². The van der Waals surface area contributed by atoms with Crippen LogP contribution < -0.4 is 4.90 Å². The smallest absolute Gasteiger partial charge is 0.319 e. The first-order valence-electron chi connectivity index (χ1n) is 7.57. The van der Waals surface area contributed by atoms with Gasteiger partial charge in [-0.25, -0.2) is 4.98 Å². The fourth-order valence-corrected chi connectivity index (χ4v) is 2.88. The third kappa shape index (κ3) is 3.35. The molecule has 24 heavy (non-hydrogen) atoms. The van der Waals surface area contributed by atoms with Gasteiger partial charge in [0.1, 0.15) is 11.5 Å². The van der Waals surface area contributed by atoms with Crippen molar-refractivity contribution < 1.29 is 13.7 Å². The first-order valence-corrected chi connectivity index (χ1v) is 7.57. The Morgan fingerprint density at radius 3 is 2.58 bits per heavy atom. The fourth-order valence-electron chi connectivity index (χ4n) is 2.88. The van der Waals surface area contributed by atoms with Gasteiger partial charge in [-0.15, -0.1) is 0 Å². The predicted molar refractivity (Wildman–Crippen MR) is 84.1 cm³/mol. The molecule has 0 saturated carbocycles. The Hall–Kier alpha value is -2.55. The molecular formula is C15H17F2N5O2. The van der Waals surface area contributed by atoms with E-state index in [1.165, 1.54) is 18.5 Å². The lowest BCUT2D eigenvalue weighted by molar-refractivity contribution is -0.384. The van der Waals surface area contributed by atoms with E-state index < -0.39 is 6.55 Å². The molecular weight excluding hydrogens is 320 g/mol. The zero-order chi connectivity index (χ0) is 17.1. The highest BCUT2D eigenvalue weighted by Crippen LogP contribution is 2.28. The van der Waals surface area contributed by atoms with Crippen LogP contribution in [0.5, 0.6) is 0 Å². The Morgan fingerprint density at radius 2 is 1.92 bits per heavy atom. The van der Waals surface area contributed by atoms with Gasteiger partial charge in [0.05, 0.1) is 11.5 Å². The van der Waals surface area contributed by atoms with Crippen molar-refractivity contribution in [3.05, 3.63) is 52.6 Å². The Bertz CT molecular complexity index is 713. The number of nitro benzene ring substituents is 1. The Kier molecular flexibility index (Phi) is 4.70. The van der Waals surface area contributed by atoms with Gasteiger partial charge in [-0.3, -0.25) is 19.6 Å². The molecule has 1 aliphatic rings. The second-order valence-electron chi connectivity index (χ2n) is 5.54. The number of aromatic nitrogens is 2. The molecule has 1 aromatic heterocycles. The van der Waals surface area contributed by atoms with Crippen LogP contribution in [-0.2, 0) is 6.54 Å². The molecule has 0 amide bonds. The van der Waals surface area contributed by atoms with Crippen LogP contribution in [0.25, 0.3) is 0 Å². The molecule has 3 rings (SSSR count). The van der Waals surface area contributed by atoms with Gasteiger partial charge in [0.15, 0.2) is 0 Å². The average Bonchev–Trinajstić information content (AvgIpc) is 3.04. The van der Waals surface area contributed by atoms with Gasteiger partial charge in [-0.2, -0.15) is 8.78 Å². The summed E-state index contributed by atoms with van der Waals surface area (Å²) in [6, 6.07) is 6.63. The molecule has 2 aromatic rings. The number of halogens is 2. The molecule has 9 heteroatoms. The van der Waals surface area contributed by atoms with E-state index in [9.17, 15) is 18.9 Å². The van der Waals surface area contributed by atoms with E-state index in [2.05, 4.69) is 4.98 Å². The van der Waals surface area contributed by atoms with Gasteiger partial charge in [-0.1, -0.05) is 12.1 Å². The molecule has 1 saturated heterocycles. The van der Waals surface area contributed by atoms with E-state index in [-0.39, 0.29) is 10.6 Å². The average molecular weight is 337 g/mol. The maximum absolute atomic E-state index is 12.9. The van der Waals surface area contributed by atoms with Crippen LogP contribution in [0.2, 0.25) is 0 Å². The number of imidazole rings is 1. The van der Waals surface area contributed by atoms with Crippen LogP contribution >= 0.6 is 0 Å². The van der Waals surface area contributed by atoms with Crippen molar-refractivity contribution in [3.63, 3.8) is 0 Å². The molecule has 0 spiro atoms. The Morgan fingerprint density at radius 1 is 1.21 bits per heavy atom. The highest BCUT2D eigenvalue weighted by atomic mass is 19.3. The second kappa shape index (κ2) is 6.91. The summed E-state index contributed by atoms with van der Waals surface area (Å²) in [7, 11) is 0. The number of hydrogen-bond donors (Lipinski definition) is 0.